The summed E-state index contributed by atoms with van der Waals surface area (Å²) in [7, 11) is 0. The van der Waals surface area contributed by atoms with Gasteiger partial charge in [0.2, 0.25) is 0 Å². The maximum absolute atomic E-state index is 11.5. The second-order valence-corrected chi connectivity index (χ2v) is 3.37. The Morgan fingerprint density at radius 2 is 1.71 bits per heavy atom. The Hall–Kier alpha value is -1.70. The fourth-order valence-electron chi connectivity index (χ4n) is 1.63. The van der Waals surface area contributed by atoms with Crippen molar-refractivity contribution in [2.24, 2.45) is 0 Å². The topological polar surface area (TPSA) is 34.1 Å². The largest absolute Gasteiger partial charge is 0.295 e. The second kappa shape index (κ2) is 3.58. The standard InChI is InChI=1S/C12H10O2/c13-10-6-7-12(14)11(8-10)9-4-2-1-3-5-9/h1-7,11H,8H2/t11-/m0/s1. The highest BCUT2D eigenvalue weighted by Crippen LogP contribution is 2.24. The fourth-order valence-corrected chi connectivity index (χ4v) is 1.63. The van der Waals surface area contributed by atoms with Gasteiger partial charge in [-0.2, -0.15) is 0 Å². The molecule has 0 aromatic heterocycles. The van der Waals surface area contributed by atoms with Crippen molar-refractivity contribution in [3.8, 4) is 0 Å². The van der Waals surface area contributed by atoms with Crippen LogP contribution in [0, 0.1) is 0 Å². The van der Waals surface area contributed by atoms with E-state index in [0.717, 1.165) is 5.56 Å². The number of hydrogen-bond donors (Lipinski definition) is 0. The molecule has 0 N–H and O–H groups in total. The lowest BCUT2D eigenvalue weighted by atomic mass is 9.86. The van der Waals surface area contributed by atoms with E-state index in [1.54, 1.807) is 0 Å². The average Bonchev–Trinajstić information content (AvgIpc) is 2.23. The summed E-state index contributed by atoms with van der Waals surface area (Å²) in [6.07, 6.45) is 3.05. The highest BCUT2D eigenvalue weighted by Gasteiger charge is 2.24. The van der Waals surface area contributed by atoms with Gasteiger partial charge in [-0.1, -0.05) is 30.3 Å². The first-order chi connectivity index (χ1) is 6.77. The molecule has 2 nitrogen and oxygen atoms in total. The lowest BCUT2D eigenvalue weighted by Crippen LogP contribution is -2.18. The van der Waals surface area contributed by atoms with Gasteiger partial charge >= 0.3 is 0 Å². The van der Waals surface area contributed by atoms with Gasteiger partial charge in [0.15, 0.2) is 11.6 Å². The van der Waals surface area contributed by atoms with Crippen LogP contribution in [-0.2, 0) is 9.59 Å². The van der Waals surface area contributed by atoms with Crippen LogP contribution in [0.4, 0.5) is 0 Å². The van der Waals surface area contributed by atoms with Crippen LogP contribution >= 0.6 is 0 Å². The molecule has 0 unspecified atom stereocenters. The molecule has 0 fully saturated rings. The van der Waals surface area contributed by atoms with E-state index in [1.807, 2.05) is 30.3 Å². The quantitative estimate of drug-likeness (QED) is 0.671. The van der Waals surface area contributed by atoms with Crippen LogP contribution in [0.15, 0.2) is 42.5 Å². The Bertz CT molecular complexity index is 390. The predicted molar refractivity (Wildman–Crippen MR) is 53.0 cm³/mol. The monoisotopic (exact) mass is 186 g/mol. The minimum Gasteiger partial charge on any atom is -0.295 e. The Balaban J connectivity index is 2.32. The highest BCUT2D eigenvalue weighted by atomic mass is 16.1. The van der Waals surface area contributed by atoms with Gasteiger partial charge in [-0.15, -0.1) is 0 Å². The first kappa shape index (κ1) is 8.88. The third-order valence-corrected chi connectivity index (χ3v) is 2.38. The van der Waals surface area contributed by atoms with Crippen molar-refractivity contribution < 1.29 is 9.59 Å². The SMILES string of the molecule is O=C1C=CC(=O)[C@H](c2ccccc2)C1. The van der Waals surface area contributed by atoms with Gasteiger partial charge in [0, 0.05) is 6.42 Å². The third-order valence-electron chi connectivity index (χ3n) is 2.38. The number of carbonyl (C=O) groups excluding carboxylic acids is 2. The molecule has 0 saturated heterocycles. The first-order valence-corrected chi connectivity index (χ1v) is 4.57. The van der Waals surface area contributed by atoms with Crippen molar-refractivity contribution in [3.05, 3.63) is 48.0 Å². The summed E-state index contributed by atoms with van der Waals surface area (Å²) in [6, 6.07) is 9.43. The van der Waals surface area contributed by atoms with Gasteiger partial charge in [-0.05, 0) is 17.7 Å². The summed E-state index contributed by atoms with van der Waals surface area (Å²) in [5, 5.41) is 0. The maximum atomic E-state index is 11.5. The summed E-state index contributed by atoms with van der Waals surface area (Å²) in [4.78, 5) is 22.7. The molecule has 0 aliphatic heterocycles. The fraction of sp³-hybridized carbons (Fsp3) is 0.167. The number of ketones is 2. The van der Waals surface area contributed by atoms with Gasteiger partial charge in [0.25, 0.3) is 0 Å². The van der Waals surface area contributed by atoms with Crippen LogP contribution in [0.5, 0.6) is 0 Å². The third kappa shape index (κ3) is 1.64. The highest BCUT2D eigenvalue weighted by molar-refractivity contribution is 6.08. The lowest BCUT2D eigenvalue weighted by Gasteiger charge is -2.15. The molecule has 2 rings (SSSR count). The minimum atomic E-state index is -0.270. The molecule has 0 spiro atoms. The van der Waals surface area contributed by atoms with Crippen LogP contribution in [-0.4, -0.2) is 11.6 Å². The van der Waals surface area contributed by atoms with Crippen molar-refractivity contribution in [1.29, 1.82) is 0 Å². The predicted octanol–water partition coefficient (Wildman–Crippen LogP) is 1.87. The molecule has 0 radical (unpaired) electrons. The summed E-state index contributed by atoms with van der Waals surface area (Å²) >= 11 is 0. The van der Waals surface area contributed by atoms with Crippen LogP contribution in [0.25, 0.3) is 0 Å². The van der Waals surface area contributed by atoms with Gasteiger partial charge in [-0.3, -0.25) is 9.59 Å². The van der Waals surface area contributed by atoms with E-state index in [2.05, 4.69) is 0 Å². The molecular weight excluding hydrogens is 176 g/mol. The van der Waals surface area contributed by atoms with E-state index >= 15 is 0 Å². The Morgan fingerprint density at radius 1 is 1.00 bits per heavy atom. The molecule has 70 valence electrons. The molecule has 1 atom stereocenters. The van der Waals surface area contributed by atoms with Crippen molar-refractivity contribution in [2.45, 2.75) is 12.3 Å². The molecule has 0 saturated carbocycles. The molecule has 1 aliphatic carbocycles. The molecule has 2 heteroatoms. The number of hydrogen-bond acceptors (Lipinski definition) is 2. The number of benzene rings is 1. The number of rotatable bonds is 1. The summed E-state index contributed by atoms with van der Waals surface area (Å²) in [5.41, 5.74) is 0.926. The molecule has 0 amide bonds. The van der Waals surface area contributed by atoms with Gasteiger partial charge in [0.1, 0.15) is 0 Å². The zero-order valence-corrected chi connectivity index (χ0v) is 7.64. The summed E-state index contributed by atoms with van der Waals surface area (Å²) in [5.74, 6) is -0.219. The molecule has 1 aromatic rings. The van der Waals surface area contributed by atoms with Crippen molar-refractivity contribution in [3.63, 3.8) is 0 Å². The zero-order valence-electron chi connectivity index (χ0n) is 7.64. The second-order valence-electron chi connectivity index (χ2n) is 3.37. The van der Waals surface area contributed by atoms with Gasteiger partial charge in [0.05, 0.1) is 5.92 Å². The Labute approximate surface area is 82.2 Å². The van der Waals surface area contributed by atoms with Crippen LogP contribution in [0.1, 0.15) is 17.9 Å². The van der Waals surface area contributed by atoms with Gasteiger partial charge < -0.3 is 0 Å². The van der Waals surface area contributed by atoms with Crippen LogP contribution in [0.3, 0.4) is 0 Å². The van der Waals surface area contributed by atoms with Crippen molar-refractivity contribution in [1.82, 2.24) is 0 Å². The van der Waals surface area contributed by atoms with E-state index in [9.17, 15) is 9.59 Å². The minimum absolute atomic E-state index is 0.0239. The van der Waals surface area contributed by atoms with E-state index in [1.165, 1.54) is 12.2 Å². The first-order valence-electron chi connectivity index (χ1n) is 4.57. The molecule has 0 heterocycles. The average molecular weight is 186 g/mol. The van der Waals surface area contributed by atoms with Crippen LogP contribution < -0.4 is 0 Å². The summed E-state index contributed by atoms with van der Waals surface area (Å²) < 4.78 is 0. The molecule has 1 aromatic carbocycles. The lowest BCUT2D eigenvalue weighted by molar-refractivity contribution is -0.122. The van der Waals surface area contributed by atoms with E-state index in [4.69, 9.17) is 0 Å². The maximum Gasteiger partial charge on any atom is 0.163 e. The summed E-state index contributed by atoms with van der Waals surface area (Å²) in [6.45, 7) is 0. The van der Waals surface area contributed by atoms with Crippen LogP contribution in [0.2, 0.25) is 0 Å². The Morgan fingerprint density at radius 3 is 2.43 bits per heavy atom. The van der Waals surface area contributed by atoms with Gasteiger partial charge in [-0.25, -0.2) is 0 Å². The normalized spacial score (nSPS) is 21.3. The molecule has 0 bridgehead atoms. The number of allylic oxidation sites excluding steroid dienone is 2. The Kier molecular flexibility index (Phi) is 2.27. The molecule has 1 aliphatic rings. The zero-order chi connectivity index (χ0) is 9.97. The van der Waals surface area contributed by atoms with E-state index in [0.29, 0.717) is 6.42 Å². The van der Waals surface area contributed by atoms with E-state index in [-0.39, 0.29) is 17.5 Å². The number of carbonyl (C=O) groups is 2. The van der Waals surface area contributed by atoms with Crippen molar-refractivity contribution in [2.75, 3.05) is 0 Å². The molecular formula is C12H10O2. The smallest absolute Gasteiger partial charge is 0.163 e. The van der Waals surface area contributed by atoms with Crippen molar-refractivity contribution >= 4 is 11.6 Å². The molecule has 14 heavy (non-hydrogen) atoms. The van der Waals surface area contributed by atoms with E-state index < -0.39 is 0 Å².